The van der Waals surface area contributed by atoms with Crippen molar-refractivity contribution in [2.24, 2.45) is 4.99 Å². The maximum absolute atomic E-state index is 12.8. The van der Waals surface area contributed by atoms with Crippen molar-refractivity contribution < 1.29 is 14.7 Å². The number of hydrogen-bond acceptors (Lipinski definition) is 4. The van der Waals surface area contributed by atoms with Gasteiger partial charge in [0.2, 0.25) is 0 Å². The van der Waals surface area contributed by atoms with Crippen molar-refractivity contribution in [3.05, 3.63) is 64.3 Å². The number of fused-ring (bicyclic) bond motifs is 2. The van der Waals surface area contributed by atoms with Crippen molar-refractivity contribution in [3.63, 3.8) is 0 Å². The molecule has 0 aliphatic carbocycles. The summed E-state index contributed by atoms with van der Waals surface area (Å²) < 4.78 is 3.59. The van der Waals surface area contributed by atoms with E-state index in [1.807, 2.05) is 61.5 Å². The van der Waals surface area contributed by atoms with Crippen LogP contribution in [0.3, 0.4) is 0 Å². The van der Waals surface area contributed by atoms with Crippen molar-refractivity contribution in [1.29, 1.82) is 0 Å². The molecule has 0 bridgehead atoms. The molecule has 4 aromatic rings. The van der Waals surface area contributed by atoms with Gasteiger partial charge in [0.25, 0.3) is 5.91 Å². The van der Waals surface area contributed by atoms with Crippen molar-refractivity contribution in [1.82, 2.24) is 4.57 Å². The summed E-state index contributed by atoms with van der Waals surface area (Å²) in [4.78, 5) is 29.8. The summed E-state index contributed by atoms with van der Waals surface area (Å²) in [6.07, 6.45) is 0.403. The van der Waals surface area contributed by atoms with Crippen molar-refractivity contribution >= 4 is 54.9 Å². The molecule has 0 saturated carbocycles. The van der Waals surface area contributed by atoms with Gasteiger partial charge >= 0.3 is 5.97 Å². The third kappa shape index (κ3) is 3.20. The van der Waals surface area contributed by atoms with Gasteiger partial charge in [-0.05, 0) is 36.1 Å². The van der Waals surface area contributed by atoms with Gasteiger partial charge in [0.05, 0.1) is 15.1 Å². The van der Waals surface area contributed by atoms with Crippen LogP contribution in [0.25, 0.3) is 20.3 Å². The van der Waals surface area contributed by atoms with E-state index in [1.165, 1.54) is 22.7 Å². The quantitative estimate of drug-likeness (QED) is 0.544. The van der Waals surface area contributed by atoms with E-state index in [9.17, 15) is 14.7 Å². The topological polar surface area (TPSA) is 71.7 Å². The number of benzene rings is 2. The molecule has 0 radical (unpaired) electrons. The average Bonchev–Trinajstić information content (AvgIpc) is 3.24. The number of rotatable bonds is 4. The Bertz CT molecular complexity index is 1200. The van der Waals surface area contributed by atoms with Crippen LogP contribution in [0.2, 0.25) is 0 Å². The summed E-state index contributed by atoms with van der Waals surface area (Å²) in [7, 11) is 0. The Morgan fingerprint density at radius 1 is 1.07 bits per heavy atom. The summed E-state index contributed by atoms with van der Waals surface area (Å²) in [5, 5.41) is 10.6. The number of thiazole rings is 1. The van der Waals surface area contributed by atoms with Gasteiger partial charge in [-0.2, -0.15) is 4.99 Å². The molecule has 136 valence electrons. The molecule has 2 aromatic carbocycles. The monoisotopic (exact) mass is 396 g/mol. The number of para-hydroxylation sites is 1. The number of thiophene rings is 1. The molecule has 27 heavy (non-hydrogen) atoms. The lowest BCUT2D eigenvalue weighted by Crippen LogP contribution is -2.27. The predicted octanol–water partition coefficient (Wildman–Crippen LogP) is 4.69. The second kappa shape index (κ2) is 7.09. The molecular weight excluding hydrogens is 380 g/mol. The molecule has 0 aliphatic rings. The zero-order valence-electron chi connectivity index (χ0n) is 14.5. The summed E-state index contributed by atoms with van der Waals surface area (Å²) in [6.45, 7) is 1.82. The molecule has 0 saturated heterocycles. The highest BCUT2D eigenvalue weighted by Crippen LogP contribution is 2.26. The van der Waals surface area contributed by atoms with Gasteiger partial charge in [-0.3, -0.25) is 4.79 Å². The third-order valence-electron chi connectivity index (χ3n) is 4.35. The molecule has 1 amide bonds. The Balaban J connectivity index is 1.89. The van der Waals surface area contributed by atoms with Crippen LogP contribution in [0.1, 0.15) is 29.1 Å². The van der Waals surface area contributed by atoms with Gasteiger partial charge in [-0.25, -0.2) is 4.79 Å². The fraction of sp³-hybridized carbons (Fsp3) is 0.150. The van der Waals surface area contributed by atoms with E-state index in [4.69, 9.17) is 0 Å². The first-order valence-electron chi connectivity index (χ1n) is 8.49. The Kier molecular flexibility index (Phi) is 4.63. The minimum Gasteiger partial charge on any atom is -0.480 e. The highest BCUT2D eigenvalue weighted by Gasteiger charge is 2.22. The standard InChI is InChI=1S/C20H16N2O3S2/c1-2-13(19(24)25)22-14-8-4-6-10-16(14)27-20(22)21-18(23)17-11-12-7-3-5-9-15(12)26-17/h3-11,13H,2H2,1H3,(H,24,25). The molecule has 1 unspecified atom stereocenters. The number of nitrogens with zero attached hydrogens (tertiary/aromatic N) is 2. The van der Waals surface area contributed by atoms with Crippen molar-refractivity contribution in [2.45, 2.75) is 19.4 Å². The van der Waals surface area contributed by atoms with Crippen molar-refractivity contribution in [2.75, 3.05) is 0 Å². The number of hydrogen-bond donors (Lipinski definition) is 1. The van der Waals surface area contributed by atoms with E-state index >= 15 is 0 Å². The number of amides is 1. The lowest BCUT2D eigenvalue weighted by Gasteiger charge is -2.13. The Morgan fingerprint density at radius 3 is 2.48 bits per heavy atom. The minimum atomic E-state index is -0.934. The van der Waals surface area contributed by atoms with Gasteiger partial charge in [0.15, 0.2) is 4.80 Å². The first-order chi connectivity index (χ1) is 13.1. The summed E-state index contributed by atoms with van der Waals surface area (Å²) in [6, 6.07) is 16.4. The highest BCUT2D eigenvalue weighted by molar-refractivity contribution is 7.20. The van der Waals surface area contributed by atoms with Gasteiger partial charge in [-0.15, -0.1) is 11.3 Å². The number of aromatic nitrogens is 1. The second-order valence-electron chi connectivity index (χ2n) is 6.05. The molecule has 4 rings (SSSR count). The van der Waals surface area contributed by atoms with E-state index < -0.39 is 12.0 Å². The Hall–Kier alpha value is -2.77. The van der Waals surface area contributed by atoms with Crippen LogP contribution >= 0.6 is 22.7 Å². The van der Waals surface area contributed by atoms with E-state index in [-0.39, 0.29) is 5.91 Å². The first-order valence-corrected chi connectivity index (χ1v) is 10.1. The molecule has 0 spiro atoms. The van der Waals surface area contributed by atoms with Gasteiger partial charge < -0.3 is 9.67 Å². The molecular formula is C20H16N2O3S2. The number of carboxylic acids is 1. The fourth-order valence-corrected chi connectivity index (χ4v) is 5.08. The summed E-state index contributed by atoms with van der Waals surface area (Å²) in [5.41, 5.74) is 0.777. The Morgan fingerprint density at radius 2 is 1.78 bits per heavy atom. The molecule has 0 aliphatic heterocycles. The predicted molar refractivity (Wildman–Crippen MR) is 108 cm³/mol. The molecule has 2 aromatic heterocycles. The van der Waals surface area contributed by atoms with Crippen LogP contribution in [-0.4, -0.2) is 21.6 Å². The van der Waals surface area contributed by atoms with Crippen LogP contribution in [0.15, 0.2) is 59.6 Å². The normalized spacial score (nSPS) is 13.3. The molecule has 0 fully saturated rings. The molecule has 7 heteroatoms. The zero-order chi connectivity index (χ0) is 19.0. The maximum Gasteiger partial charge on any atom is 0.326 e. The molecule has 1 atom stereocenters. The van der Waals surface area contributed by atoms with E-state index in [2.05, 4.69) is 4.99 Å². The minimum absolute atomic E-state index is 0.350. The van der Waals surface area contributed by atoms with Crippen LogP contribution in [0.4, 0.5) is 0 Å². The third-order valence-corrected chi connectivity index (χ3v) is 6.49. The number of carbonyl (C=O) groups excluding carboxylic acids is 1. The van der Waals surface area contributed by atoms with Crippen molar-refractivity contribution in [3.8, 4) is 0 Å². The summed E-state index contributed by atoms with van der Waals surface area (Å²) in [5.74, 6) is -1.28. The number of aliphatic carboxylic acids is 1. The highest BCUT2D eigenvalue weighted by atomic mass is 32.1. The molecule has 2 heterocycles. The molecule has 1 N–H and O–H groups in total. The van der Waals surface area contributed by atoms with Gasteiger partial charge in [0, 0.05) is 4.70 Å². The Labute approximate surface area is 162 Å². The fourth-order valence-electron chi connectivity index (χ4n) is 3.07. The van der Waals surface area contributed by atoms with Crippen LogP contribution < -0.4 is 4.80 Å². The zero-order valence-corrected chi connectivity index (χ0v) is 16.1. The van der Waals surface area contributed by atoms with Crippen LogP contribution in [0, 0.1) is 0 Å². The van der Waals surface area contributed by atoms with Gasteiger partial charge in [-0.1, -0.05) is 48.6 Å². The average molecular weight is 396 g/mol. The van der Waals surface area contributed by atoms with Crippen LogP contribution in [0.5, 0.6) is 0 Å². The van der Waals surface area contributed by atoms with Crippen LogP contribution in [-0.2, 0) is 4.79 Å². The smallest absolute Gasteiger partial charge is 0.326 e. The summed E-state index contributed by atoms with van der Waals surface area (Å²) >= 11 is 2.73. The van der Waals surface area contributed by atoms with E-state index in [1.54, 1.807) is 4.57 Å². The number of carboxylic acid groups (broad SMARTS) is 1. The largest absolute Gasteiger partial charge is 0.480 e. The van der Waals surface area contributed by atoms with E-state index in [0.29, 0.717) is 16.1 Å². The SMILES string of the molecule is CCC(C(=O)O)n1c(=NC(=O)c2cc3ccccc3s2)sc2ccccc21. The maximum atomic E-state index is 12.8. The number of carbonyl (C=O) groups is 2. The van der Waals surface area contributed by atoms with E-state index in [0.717, 1.165) is 20.3 Å². The lowest BCUT2D eigenvalue weighted by atomic mass is 10.2. The lowest BCUT2D eigenvalue weighted by molar-refractivity contribution is -0.140. The molecule has 5 nitrogen and oxygen atoms in total. The first kappa shape index (κ1) is 17.6. The van der Waals surface area contributed by atoms with Gasteiger partial charge in [0.1, 0.15) is 6.04 Å². The second-order valence-corrected chi connectivity index (χ2v) is 8.14.